The number of carboxylic acids is 1. The Balaban J connectivity index is 2.31. The van der Waals surface area contributed by atoms with Gasteiger partial charge in [0.1, 0.15) is 5.51 Å². The Kier molecular flexibility index (Phi) is 3.48. The molecule has 0 radical (unpaired) electrons. The summed E-state index contributed by atoms with van der Waals surface area (Å²) in [4.78, 5) is 10.4. The second-order valence-corrected chi connectivity index (χ2v) is 4.36. The third kappa shape index (κ3) is 2.78. The Morgan fingerprint density at radius 3 is 3.17 bits per heavy atom. The Labute approximate surface area is 78.0 Å². The minimum absolute atomic E-state index is 0.334. The number of hydrogen-bond acceptors (Lipinski definition) is 5. The van der Waals surface area contributed by atoms with E-state index in [1.165, 1.54) is 23.1 Å². The minimum atomic E-state index is -0.771. The molecule has 1 aromatic rings. The predicted octanol–water partition coefficient (Wildman–Crippen LogP) is 1.35. The number of carboxylic acid groups (broad SMARTS) is 1. The van der Waals surface area contributed by atoms with Crippen LogP contribution in [0.3, 0.4) is 0 Å². The maximum Gasteiger partial charge on any atom is 0.307 e. The molecule has 0 aliphatic heterocycles. The molecule has 6 heteroatoms. The van der Waals surface area contributed by atoms with Crippen molar-refractivity contribution in [3.8, 4) is 0 Å². The Hall–Kier alpha value is -0.620. The van der Waals surface area contributed by atoms with Crippen LogP contribution in [0.4, 0.5) is 0 Å². The molecule has 0 saturated carbocycles. The molecule has 1 rings (SSSR count). The molecule has 1 unspecified atom stereocenters. The number of nitrogens with zero attached hydrogens (tertiary/aromatic N) is 2. The quantitative estimate of drug-likeness (QED) is 0.750. The van der Waals surface area contributed by atoms with Gasteiger partial charge in [-0.15, -0.1) is 10.2 Å². The number of aromatic nitrogens is 2. The van der Waals surface area contributed by atoms with Gasteiger partial charge in [0, 0.05) is 5.75 Å². The zero-order chi connectivity index (χ0) is 8.97. The lowest BCUT2D eigenvalue weighted by molar-refractivity contribution is -0.140. The van der Waals surface area contributed by atoms with Gasteiger partial charge in [-0.2, -0.15) is 0 Å². The molecular weight excluding hydrogens is 196 g/mol. The summed E-state index contributed by atoms with van der Waals surface area (Å²) < 4.78 is 0.822. The highest BCUT2D eigenvalue weighted by Gasteiger charge is 2.11. The summed E-state index contributed by atoms with van der Waals surface area (Å²) in [5.74, 6) is -0.559. The highest BCUT2D eigenvalue weighted by atomic mass is 32.2. The van der Waals surface area contributed by atoms with Gasteiger partial charge in [-0.05, 0) is 0 Å². The Bertz CT molecular complexity index is 250. The summed E-state index contributed by atoms with van der Waals surface area (Å²) in [6.07, 6.45) is 0. The van der Waals surface area contributed by atoms with Crippen LogP contribution in [0, 0.1) is 5.92 Å². The Morgan fingerprint density at radius 1 is 1.92 bits per heavy atom. The molecule has 4 nitrogen and oxygen atoms in total. The molecular formula is C6H8N2O2S2. The van der Waals surface area contributed by atoms with Crippen molar-refractivity contribution in [3.63, 3.8) is 0 Å². The first-order valence-electron chi connectivity index (χ1n) is 3.32. The van der Waals surface area contributed by atoms with Crippen molar-refractivity contribution >= 4 is 29.1 Å². The normalized spacial score (nSPS) is 12.8. The molecule has 1 atom stereocenters. The van der Waals surface area contributed by atoms with E-state index in [-0.39, 0.29) is 5.92 Å². The molecule has 66 valence electrons. The lowest BCUT2D eigenvalue weighted by Crippen LogP contribution is -2.11. The molecule has 0 fully saturated rings. The zero-order valence-electron chi connectivity index (χ0n) is 6.43. The molecule has 0 saturated heterocycles. The summed E-state index contributed by atoms with van der Waals surface area (Å²) in [6.45, 7) is 1.68. The van der Waals surface area contributed by atoms with E-state index < -0.39 is 5.97 Å². The highest BCUT2D eigenvalue weighted by Crippen LogP contribution is 2.21. The number of aliphatic carboxylic acids is 1. The molecule has 0 aromatic carbocycles. The van der Waals surface area contributed by atoms with Crippen LogP contribution in [0.25, 0.3) is 0 Å². The molecule has 0 aliphatic rings. The summed E-state index contributed by atoms with van der Waals surface area (Å²) >= 11 is 2.85. The van der Waals surface area contributed by atoms with Crippen molar-refractivity contribution in [2.45, 2.75) is 11.3 Å². The fraction of sp³-hybridized carbons (Fsp3) is 0.500. The summed E-state index contributed by atoms with van der Waals surface area (Å²) in [7, 11) is 0. The second-order valence-electron chi connectivity index (χ2n) is 2.25. The van der Waals surface area contributed by atoms with Crippen molar-refractivity contribution in [2.75, 3.05) is 5.75 Å². The molecule has 1 heterocycles. The topological polar surface area (TPSA) is 63.1 Å². The van der Waals surface area contributed by atoms with Crippen molar-refractivity contribution in [3.05, 3.63) is 5.51 Å². The van der Waals surface area contributed by atoms with Gasteiger partial charge >= 0.3 is 5.97 Å². The second kappa shape index (κ2) is 4.42. The molecule has 0 bridgehead atoms. The number of carbonyl (C=O) groups is 1. The van der Waals surface area contributed by atoms with Gasteiger partial charge in [-0.3, -0.25) is 4.79 Å². The molecule has 12 heavy (non-hydrogen) atoms. The third-order valence-electron chi connectivity index (χ3n) is 1.22. The van der Waals surface area contributed by atoms with E-state index in [9.17, 15) is 4.79 Å². The summed E-state index contributed by atoms with van der Waals surface area (Å²) in [5, 5.41) is 16.0. The Morgan fingerprint density at radius 2 is 2.67 bits per heavy atom. The maximum absolute atomic E-state index is 10.4. The SMILES string of the molecule is CC(CSc1nncs1)C(=O)O. The van der Waals surface area contributed by atoms with Gasteiger partial charge in [0.15, 0.2) is 4.34 Å². The van der Waals surface area contributed by atoms with Gasteiger partial charge < -0.3 is 5.11 Å². The fourth-order valence-electron chi connectivity index (χ4n) is 0.493. The van der Waals surface area contributed by atoms with E-state index in [0.717, 1.165) is 4.34 Å². The van der Waals surface area contributed by atoms with E-state index in [1.54, 1.807) is 12.4 Å². The minimum Gasteiger partial charge on any atom is -0.481 e. The summed E-state index contributed by atoms with van der Waals surface area (Å²) in [5.41, 5.74) is 1.63. The van der Waals surface area contributed by atoms with Crippen LogP contribution < -0.4 is 0 Å². The van der Waals surface area contributed by atoms with Gasteiger partial charge in [0.2, 0.25) is 0 Å². The van der Waals surface area contributed by atoms with E-state index in [4.69, 9.17) is 5.11 Å². The van der Waals surface area contributed by atoms with Crippen molar-refractivity contribution in [1.82, 2.24) is 10.2 Å². The zero-order valence-corrected chi connectivity index (χ0v) is 8.06. The first-order valence-corrected chi connectivity index (χ1v) is 5.18. The van der Waals surface area contributed by atoms with Crippen LogP contribution in [0.2, 0.25) is 0 Å². The smallest absolute Gasteiger partial charge is 0.307 e. The van der Waals surface area contributed by atoms with Crippen LogP contribution in [0.1, 0.15) is 6.92 Å². The van der Waals surface area contributed by atoms with Crippen LogP contribution in [-0.2, 0) is 4.79 Å². The van der Waals surface area contributed by atoms with E-state index in [0.29, 0.717) is 5.75 Å². The van der Waals surface area contributed by atoms with Gasteiger partial charge in [0.25, 0.3) is 0 Å². The number of rotatable bonds is 4. The standard InChI is InChI=1S/C6H8N2O2S2/c1-4(5(9)10)2-11-6-8-7-3-12-6/h3-4H,2H2,1H3,(H,9,10). The van der Waals surface area contributed by atoms with Crippen molar-refractivity contribution in [1.29, 1.82) is 0 Å². The van der Waals surface area contributed by atoms with E-state index in [2.05, 4.69) is 10.2 Å². The van der Waals surface area contributed by atoms with Crippen LogP contribution in [0.5, 0.6) is 0 Å². The number of thioether (sulfide) groups is 1. The maximum atomic E-state index is 10.4. The lowest BCUT2D eigenvalue weighted by Gasteiger charge is -2.01. The molecule has 0 aliphatic carbocycles. The lowest BCUT2D eigenvalue weighted by atomic mass is 10.2. The van der Waals surface area contributed by atoms with Crippen molar-refractivity contribution in [2.24, 2.45) is 5.92 Å². The van der Waals surface area contributed by atoms with Gasteiger partial charge in [-0.25, -0.2) is 0 Å². The molecule has 0 spiro atoms. The summed E-state index contributed by atoms with van der Waals surface area (Å²) in [6, 6.07) is 0. The van der Waals surface area contributed by atoms with Crippen LogP contribution >= 0.6 is 23.1 Å². The molecule has 0 amide bonds. The molecule has 1 aromatic heterocycles. The van der Waals surface area contributed by atoms with E-state index >= 15 is 0 Å². The highest BCUT2D eigenvalue weighted by molar-refractivity contribution is 8.01. The third-order valence-corrected chi connectivity index (χ3v) is 3.34. The monoisotopic (exact) mass is 204 g/mol. The fourth-order valence-corrected chi connectivity index (χ4v) is 2.02. The van der Waals surface area contributed by atoms with Gasteiger partial charge in [0.05, 0.1) is 5.92 Å². The predicted molar refractivity (Wildman–Crippen MR) is 47.4 cm³/mol. The molecule has 1 N–H and O–H groups in total. The first-order chi connectivity index (χ1) is 5.70. The number of hydrogen-bond donors (Lipinski definition) is 1. The van der Waals surface area contributed by atoms with Gasteiger partial charge in [-0.1, -0.05) is 30.0 Å². The average molecular weight is 204 g/mol. The van der Waals surface area contributed by atoms with Crippen molar-refractivity contribution < 1.29 is 9.90 Å². The van der Waals surface area contributed by atoms with E-state index in [1.807, 2.05) is 0 Å². The average Bonchev–Trinajstić information content (AvgIpc) is 2.51. The van der Waals surface area contributed by atoms with Crippen LogP contribution in [-0.4, -0.2) is 27.0 Å². The largest absolute Gasteiger partial charge is 0.481 e. The first kappa shape index (κ1) is 9.47. The van der Waals surface area contributed by atoms with Crippen LogP contribution in [0.15, 0.2) is 9.85 Å².